The van der Waals surface area contributed by atoms with E-state index in [2.05, 4.69) is 31.4 Å². The van der Waals surface area contributed by atoms with E-state index >= 15 is 0 Å². The van der Waals surface area contributed by atoms with Crippen LogP contribution in [0.1, 0.15) is 60.8 Å². The van der Waals surface area contributed by atoms with Crippen LogP contribution in [0.5, 0.6) is 0 Å². The van der Waals surface area contributed by atoms with Crippen molar-refractivity contribution in [2.24, 2.45) is 5.41 Å². The summed E-state index contributed by atoms with van der Waals surface area (Å²) in [5.74, 6) is -0.0836. The zero-order valence-corrected chi connectivity index (χ0v) is 17.6. The van der Waals surface area contributed by atoms with Gasteiger partial charge in [-0.15, -0.1) is 0 Å². The molecule has 7 nitrogen and oxygen atoms in total. The van der Waals surface area contributed by atoms with E-state index in [1.807, 2.05) is 11.0 Å². The van der Waals surface area contributed by atoms with Gasteiger partial charge in [0.1, 0.15) is 5.60 Å². The van der Waals surface area contributed by atoms with E-state index in [-0.39, 0.29) is 36.2 Å². The van der Waals surface area contributed by atoms with Crippen LogP contribution in [-0.4, -0.2) is 54.1 Å². The Balaban J connectivity index is 2.26. The first-order valence-corrected chi connectivity index (χ1v) is 9.60. The predicted octanol–water partition coefficient (Wildman–Crippen LogP) is 2.61. The summed E-state index contributed by atoms with van der Waals surface area (Å²) in [6, 6.07) is 0.0645. The monoisotopic (exact) mass is 381 g/mol. The van der Waals surface area contributed by atoms with Crippen LogP contribution in [0.15, 0.2) is 12.2 Å². The second kappa shape index (κ2) is 9.76. The second-order valence-electron chi connectivity index (χ2n) is 9.05. The van der Waals surface area contributed by atoms with Crippen molar-refractivity contribution in [1.82, 2.24) is 15.5 Å². The molecule has 0 aliphatic carbocycles. The molecule has 1 aliphatic heterocycles. The molecule has 1 fully saturated rings. The van der Waals surface area contributed by atoms with Crippen molar-refractivity contribution in [3.63, 3.8) is 0 Å². The first-order valence-electron chi connectivity index (χ1n) is 9.60. The molecule has 0 unspecified atom stereocenters. The third-order valence-corrected chi connectivity index (χ3v) is 3.92. The summed E-state index contributed by atoms with van der Waals surface area (Å²) in [6.07, 6.45) is 4.71. The molecular formula is C20H35N3O4. The van der Waals surface area contributed by atoms with Gasteiger partial charge in [-0.05, 0) is 45.1 Å². The summed E-state index contributed by atoms with van der Waals surface area (Å²) < 4.78 is 5.12. The minimum Gasteiger partial charge on any atom is -0.444 e. The van der Waals surface area contributed by atoms with Gasteiger partial charge in [0.15, 0.2) is 0 Å². The van der Waals surface area contributed by atoms with Crippen LogP contribution in [0.25, 0.3) is 0 Å². The van der Waals surface area contributed by atoms with Crippen LogP contribution in [-0.2, 0) is 14.3 Å². The topological polar surface area (TPSA) is 87.7 Å². The van der Waals surface area contributed by atoms with Crippen LogP contribution in [0.4, 0.5) is 4.79 Å². The lowest BCUT2D eigenvalue weighted by atomic mass is 9.96. The maximum absolute atomic E-state index is 12.2. The number of nitrogens with one attached hydrogen (secondary N) is 2. The highest BCUT2D eigenvalue weighted by Gasteiger charge is 2.23. The molecule has 0 atom stereocenters. The number of alkyl carbamates (subject to hydrolysis) is 1. The maximum Gasteiger partial charge on any atom is 0.407 e. The number of rotatable bonds is 5. The van der Waals surface area contributed by atoms with E-state index in [9.17, 15) is 14.4 Å². The average molecular weight is 382 g/mol. The van der Waals surface area contributed by atoms with E-state index in [4.69, 9.17) is 4.74 Å². The third-order valence-electron chi connectivity index (χ3n) is 3.92. The number of allylic oxidation sites excluding steroid dienone is 1. The van der Waals surface area contributed by atoms with Crippen LogP contribution >= 0.6 is 0 Å². The fourth-order valence-corrected chi connectivity index (χ4v) is 2.56. The number of amides is 3. The summed E-state index contributed by atoms with van der Waals surface area (Å²) >= 11 is 0. The molecule has 7 heteroatoms. The Morgan fingerprint density at radius 1 is 1.07 bits per heavy atom. The molecule has 1 rings (SSSR count). The zero-order chi connectivity index (χ0) is 20.7. The molecule has 2 N–H and O–H groups in total. The second-order valence-corrected chi connectivity index (χ2v) is 9.05. The first-order chi connectivity index (χ1) is 12.4. The molecule has 27 heavy (non-hydrogen) atoms. The molecular weight excluding hydrogens is 346 g/mol. The quantitative estimate of drug-likeness (QED) is 0.717. The van der Waals surface area contributed by atoms with Crippen LogP contribution in [0, 0.1) is 5.41 Å². The molecule has 0 aromatic heterocycles. The van der Waals surface area contributed by atoms with Crippen molar-refractivity contribution in [1.29, 1.82) is 0 Å². The summed E-state index contributed by atoms with van der Waals surface area (Å²) in [5.41, 5.74) is -0.574. The molecule has 0 saturated carbocycles. The van der Waals surface area contributed by atoms with Gasteiger partial charge in [0, 0.05) is 32.1 Å². The maximum atomic E-state index is 12.2. The van der Waals surface area contributed by atoms with Crippen molar-refractivity contribution in [3.05, 3.63) is 12.2 Å². The van der Waals surface area contributed by atoms with Gasteiger partial charge < -0.3 is 20.3 Å². The Kier molecular flexibility index (Phi) is 8.31. The predicted molar refractivity (Wildman–Crippen MR) is 105 cm³/mol. The smallest absolute Gasteiger partial charge is 0.407 e. The van der Waals surface area contributed by atoms with E-state index in [1.54, 1.807) is 26.8 Å². The molecule has 0 spiro atoms. The molecule has 0 aromatic rings. The number of likely N-dealkylation sites (tertiary alicyclic amines) is 1. The van der Waals surface area contributed by atoms with Gasteiger partial charge >= 0.3 is 6.09 Å². The van der Waals surface area contributed by atoms with Gasteiger partial charge in [-0.2, -0.15) is 0 Å². The highest BCUT2D eigenvalue weighted by molar-refractivity contribution is 5.87. The van der Waals surface area contributed by atoms with Crippen LogP contribution in [0.3, 0.4) is 0 Å². The lowest BCUT2D eigenvalue weighted by Crippen LogP contribution is -2.46. The van der Waals surface area contributed by atoms with E-state index in [0.717, 1.165) is 12.8 Å². The van der Waals surface area contributed by atoms with Crippen molar-refractivity contribution in [2.45, 2.75) is 72.4 Å². The summed E-state index contributed by atoms with van der Waals surface area (Å²) in [4.78, 5) is 37.5. The van der Waals surface area contributed by atoms with E-state index < -0.39 is 11.7 Å². The average Bonchev–Trinajstić information content (AvgIpc) is 2.51. The summed E-state index contributed by atoms with van der Waals surface area (Å²) in [5, 5.41) is 5.54. The fourth-order valence-electron chi connectivity index (χ4n) is 2.56. The highest BCUT2D eigenvalue weighted by Crippen LogP contribution is 2.16. The standard InChI is InChI=1S/C20H35N3O4/c1-19(2,3)11-7-17(25)23-13-9-15(10-14-23)22-16(24)8-12-21-18(26)27-20(4,5)6/h7,11,15H,8-10,12-14H2,1-6H3,(H,21,26)(H,22,24)/b11-7+. The van der Waals surface area contributed by atoms with Gasteiger partial charge in [0.25, 0.3) is 0 Å². The van der Waals surface area contributed by atoms with Gasteiger partial charge in [-0.3, -0.25) is 9.59 Å². The van der Waals surface area contributed by atoms with Crippen LogP contribution < -0.4 is 10.6 Å². The Morgan fingerprint density at radius 3 is 2.19 bits per heavy atom. The molecule has 0 aromatic carbocycles. The molecule has 0 bridgehead atoms. The lowest BCUT2D eigenvalue weighted by Gasteiger charge is -2.32. The number of hydrogen-bond donors (Lipinski definition) is 2. The Bertz CT molecular complexity index is 551. The SMILES string of the molecule is CC(C)(C)/C=C/C(=O)N1CCC(NC(=O)CCNC(=O)OC(C)(C)C)CC1. The number of hydrogen-bond acceptors (Lipinski definition) is 4. The molecule has 1 heterocycles. The summed E-state index contributed by atoms with van der Waals surface area (Å²) in [7, 11) is 0. The Morgan fingerprint density at radius 2 is 1.67 bits per heavy atom. The van der Waals surface area contributed by atoms with Crippen molar-refractivity contribution in [2.75, 3.05) is 19.6 Å². The van der Waals surface area contributed by atoms with E-state index in [1.165, 1.54) is 0 Å². The van der Waals surface area contributed by atoms with Gasteiger partial charge in [-0.1, -0.05) is 26.8 Å². The van der Waals surface area contributed by atoms with Gasteiger partial charge in [0.2, 0.25) is 11.8 Å². The first kappa shape index (κ1) is 23.0. The van der Waals surface area contributed by atoms with Gasteiger partial charge in [-0.25, -0.2) is 4.79 Å². The van der Waals surface area contributed by atoms with Crippen LogP contribution in [0.2, 0.25) is 0 Å². The minimum atomic E-state index is -0.556. The fraction of sp³-hybridized carbons (Fsp3) is 0.750. The number of nitrogens with zero attached hydrogens (tertiary/aromatic N) is 1. The Labute approximate surface area is 162 Å². The number of ether oxygens (including phenoxy) is 1. The molecule has 1 aliphatic rings. The van der Waals surface area contributed by atoms with Crippen molar-refractivity contribution < 1.29 is 19.1 Å². The molecule has 3 amide bonds. The molecule has 0 radical (unpaired) electrons. The largest absolute Gasteiger partial charge is 0.444 e. The third kappa shape index (κ3) is 10.6. The molecule has 1 saturated heterocycles. The van der Waals surface area contributed by atoms with Gasteiger partial charge in [0.05, 0.1) is 0 Å². The lowest BCUT2D eigenvalue weighted by molar-refractivity contribution is -0.127. The number of carbonyl (C=O) groups excluding carboxylic acids is 3. The highest BCUT2D eigenvalue weighted by atomic mass is 16.6. The zero-order valence-electron chi connectivity index (χ0n) is 17.6. The molecule has 154 valence electrons. The number of carbonyl (C=O) groups is 3. The van der Waals surface area contributed by atoms with Crippen molar-refractivity contribution >= 4 is 17.9 Å². The summed E-state index contributed by atoms with van der Waals surface area (Å²) in [6.45, 7) is 13.0. The van der Waals surface area contributed by atoms with Crippen molar-refractivity contribution in [3.8, 4) is 0 Å². The minimum absolute atomic E-state index is 0.0186. The normalized spacial score (nSPS) is 16.3. The van der Waals surface area contributed by atoms with E-state index in [0.29, 0.717) is 13.1 Å². The Hall–Kier alpha value is -2.05. The number of piperidine rings is 1.